The summed E-state index contributed by atoms with van der Waals surface area (Å²) < 4.78 is 0. The second kappa shape index (κ2) is 2.29. The minimum atomic E-state index is -0.356. The highest BCUT2D eigenvalue weighted by Gasteiger charge is 2.27. The van der Waals surface area contributed by atoms with Crippen LogP contribution in [0.4, 0.5) is 0 Å². The summed E-state index contributed by atoms with van der Waals surface area (Å²) >= 11 is 0. The van der Waals surface area contributed by atoms with E-state index >= 15 is 0 Å². The Kier molecular flexibility index (Phi) is 1.65. The summed E-state index contributed by atoms with van der Waals surface area (Å²) in [6.45, 7) is 3.21. The Balaban J connectivity index is 2.60. The van der Waals surface area contributed by atoms with E-state index in [1.54, 1.807) is 0 Å². The molecule has 0 saturated heterocycles. The molecule has 1 saturated carbocycles. The van der Waals surface area contributed by atoms with Crippen molar-refractivity contribution < 1.29 is 9.59 Å². The first-order chi connectivity index (χ1) is 4.22. The lowest BCUT2D eigenvalue weighted by Crippen LogP contribution is -2.14. The molecule has 9 heavy (non-hydrogen) atoms. The molecule has 1 radical (unpaired) electrons. The quantitative estimate of drug-likeness (QED) is 0.485. The van der Waals surface area contributed by atoms with Gasteiger partial charge in [-0.25, -0.2) is 0 Å². The van der Waals surface area contributed by atoms with Crippen LogP contribution in [0.15, 0.2) is 0 Å². The van der Waals surface area contributed by atoms with E-state index in [2.05, 4.69) is 6.92 Å². The standard InChI is InChI=1S/C7H9O2/c1-5(8)6-3-2-4-7(6)9/h6H,1-4H2. The number of hydrogen-bond acceptors (Lipinski definition) is 2. The van der Waals surface area contributed by atoms with Crippen molar-refractivity contribution in [1.82, 2.24) is 0 Å². The van der Waals surface area contributed by atoms with Crippen LogP contribution in [0.5, 0.6) is 0 Å². The first-order valence-corrected chi connectivity index (χ1v) is 3.10. The smallest absolute Gasteiger partial charge is 0.143 e. The Morgan fingerprint density at radius 1 is 1.67 bits per heavy atom. The molecule has 0 spiro atoms. The number of ketones is 2. The highest BCUT2D eigenvalue weighted by atomic mass is 16.1. The van der Waals surface area contributed by atoms with Crippen molar-refractivity contribution in [2.24, 2.45) is 5.92 Å². The van der Waals surface area contributed by atoms with Crippen LogP contribution in [-0.4, -0.2) is 11.6 Å². The molecule has 1 aliphatic carbocycles. The zero-order chi connectivity index (χ0) is 6.85. The largest absolute Gasteiger partial charge is 0.299 e. The maximum atomic E-state index is 10.8. The van der Waals surface area contributed by atoms with Gasteiger partial charge in [0.05, 0.1) is 5.92 Å². The van der Waals surface area contributed by atoms with Crippen molar-refractivity contribution in [3.8, 4) is 0 Å². The monoisotopic (exact) mass is 125 g/mol. The molecule has 0 N–H and O–H groups in total. The number of carbonyl (C=O) groups excluding carboxylic acids is 2. The van der Waals surface area contributed by atoms with E-state index in [1.165, 1.54) is 0 Å². The predicted octanol–water partition coefficient (Wildman–Crippen LogP) is 0.759. The average Bonchev–Trinajstić information content (AvgIpc) is 2.13. The van der Waals surface area contributed by atoms with Gasteiger partial charge in [-0.3, -0.25) is 9.59 Å². The number of Topliss-reactive ketones (excluding diaryl/α,β-unsaturated/α-hetero) is 2. The van der Waals surface area contributed by atoms with Gasteiger partial charge in [0.15, 0.2) is 0 Å². The molecule has 0 bridgehead atoms. The molecule has 0 aromatic carbocycles. The van der Waals surface area contributed by atoms with Crippen molar-refractivity contribution in [3.05, 3.63) is 6.92 Å². The third-order valence-corrected chi connectivity index (χ3v) is 1.69. The second-order valence-corrected chi connectivity index (χ2v) is 2.38. The van der Waals surface area contributed by atoms with Crippen LogP contribution >= 0.6 is 0 Å². The first kappa shape index (κ1) is 6.46. The first-order valence-electron chi connectivity index (χ1n) is 3.10. The maximum absolute atomic E-state index is 10.8. The van der Waals surface area contributed by atoms with E-state index in [0.717, 1.165) is 12.8 Å². The Labute approximate surface area is 54.2 Å². The van der Waals surface area contributed by atoms with Gasteiger partial charge in [-0.2, -0.15) is 0 Å². The molecule has 1 aliphatic rings. The molecule has 0 aromatic heterocycles. The van der Waals surface area contributed by atoms with Crippen molar-refractivity contribution >= 4 is 11.6 Å². The van der Waals surface area contributed by atoms with Crippen LogP contribution in [0.25, 0.3) is 0 Å². The summed E-state index contributed by atoms with van der Waals surface area (Å²) in [7, 11) is 0. The summed E-state index contributed by atoms with van der Waals surface area (Å²) in [5.41, 5.74) is 0. The maximum Gasteiger partial charge on any atom is 0.143 e. The predicted molar refractivity (Wildman–Crippen MR) is 32.7 cm³/mol. The van der Waals surface area contributed by atoms with Crippen LogP contribution < -0.4 is 0 Å². The molecule has 1 fully saturated rings. The number of hydrogen-bond donors (Lipinski definition) is 0. The zero-order valence-electron chi connectivity index (χ0n) is 5.22. The summed E-state index contributed by atoms with van der Waals surface area (Å²) in [6.07, 6.45) is 2.16. The molecule has 49 valence electrons. The molecule has 2 heteroatoms. The van der Waals surface area contributed by atoms with Crippen LogP contribution in [0.1, 0.15) is 19.3 Å². The van der Waals surface area contributed by atoms with E-state index in [0.29, 0.717) is 6.42 Å². The SMILES string of the molecule is [CH2]C(=O)C1CCCC1=O. The van der Waals surface area contributed by atoms with Gasteiger partial charge in [-0.15, -0.1) is 0 Å². The third kappa shape index (κ3) is 1.18. The molecule has 1 unspecified atom stereocenters. The minimum absolute atomic E-state index is 0.0787. The summed E-state index contributed by atoms with van der Waals surface area (Å²) in [6, 6.07) is 0. The molecule has 1 rings (SSSR count). The van der Waals surface area contributed by atoms with Crippen LogP contribution in [0, 0.1) is 12.8 Å². The van der Waals surface area contributed by atoms with Gasteiger partial charge in [0.25, 0.3) is 0 Å². The fourth-order valence-electron chi connectivity index (χ4n) is 1.16. The van der Waals surface area contributed by atoms with Crippen LogP contribution in [0.2, 0.25) is 0 Å². The average molecular weight is 125 g/mol. The van der Waals surface area contributed by atoms with E-state index < -0.39 is 0 Å². The van der Waals surface area contributed by atoms with Gasteiger partial charge >= 0.3 is 0 Å². The molecule has 2 nitrogen and oxygen atoms in total. The van der Waals surface area contributed by atoms with E-state index in [9.17, 15) is 9.59 Å². The molecule has 0 aliphatic heterocycles. The molecule has 0 heterocycles. The van der Waals surface area contributed by atoms with Gasteiger partial charge in [-0.1, -0.05) is 0 Å². The highest BCUT2D eigenvalue weighted by molar-refractivity contribution is 6.05. The van der Waals surface area contributed by atoms with Crippen molar-refractivity contribution in [2.45, 2.75) is 19.3 Å². The molecular weight excluding hydrogens is 116 g/mol. The zero-order valence-corrected chi connectivity index (χ0v) is 5.22. The lowest BCUT2D eigenvalue weighted by Gasteiger charge is -1.98. The Bertz CT molecular complexity index is 149. The Morgan fingerprint density at radius 3 is 2.56 bits per heavy atom. The topological polar surface area (TPSA) is 34.1 Å². The fourth-order valence-corrected chi connectivity index (χ4v) is 1.16. The van der Waals surface area contributed by atoms with E-state index in [-0.39, 0.29) is 17.5 Å². The van der Waals surface area contributed by atoms with Gasteiger partial charge in [0.2, 0.25) is 0 Å². The Hall–Kier alpha value is -0.660. The number of carbonyl (C=O) groups is 2. The summed E-state index contributed by atoms with van der Waals surface area (Å²) in [5, 5.41) is 0. The van der Waals surface area contributed by atoms with E-state index in [1.807, 2.05) is 0 Å². The summed E-state index contributed by atoms with van der Waals surface area (Å²) in [5.74, 6) is -0.488. The number of rotatable bonds is 1. The van der Waals surface area contributed by atoms with Gasteiger partial charge < -0.3 is 0 Å². The molecule has 1 atom stereocenters. The van der Waals surface area contributed by atoms with Crippen LogP contribution in [-0.2, 0) is 9.59 Å². The highest BCUT2D eigenvalue weighted by Crippen LogP contribution is 2.21. The van der Waals surface area contributed by atoms with Crippen molar-refractivity contribution in [1.29, 1.82) is 0 Å². The van der Waals surface area contributed by atoms with Crippen LogP contribution in [0.3, 0.4) is 0 Å². The molecule has 0 amide bonds. The lowest BCUT2D eigenvalue weighted by atomic mass is 10.0. The lowest BCUT2D eigenvalue weighted by molar-refractivity contribution is -0.128. The minimum Gasteiger partial charge on any atom is -0.299 e. The molecular formula is C7H9O2. The van der Waals surface area contributed by atoms with Gasteiger partial charge in [-0.05, 0) is 12.8 Å². The summed E-state index contributed by atoms with van der Waals surface area (Å²) in [4.78, 5) is 21.3. The fraction of sp³-hybridized carbons (Fsp3) is 0.571. The van der Waals surface area contributed by atoms with E-state index in [4.69, 9.17) is 0 Å². The second-order valence-electron chi connectivity index (χ2n) is 2.38. The Morgan fingerprint density at radius 2 is 2.33 bits per heavy atom. The van der Waals surface area contributed by atoms with Gasteiger partial charge in [0.1, 0.15) is 11.6 Å². The van der Waals surface area contributed by atoms with Crippen molar-refractivity contribution in [3.63, 3.8) is 0 Å². The third-order valence-electron chi connectivity index (χ3n) is 1.69. The van der Waals surface area contributed by atoms with Crippen molar-refractivity contribution in [2.75, 3.05) is 0 Å². The normalized spacial score (nSPS) is 26.8. The molecule has 0 aromatic rings. The van der Waals surface area contributed by atoms with Gasteiger partial charge in [0, 0.05) is 13.3 Å².